The maximum absolute atomic E-state index is 13.4. The van der Waals surface area contributed by atoms with Gasteiger partial charge >= 0.3 is 0 Å². The van der Waals surface area contributed by atoms with Gasteiger partial charge in [0.1, 0.15) is 11.5 Å². The Morgan fingerprint density at radius 2 is 2.03 bits per heavy atom. The lowest BCUT2D eigenvalue weighted by Crippen LogP contribution is -2.20. The van der Waals surface area contributed by atoms with Crippen LogP contribution in [0.15, 0.2) is 71.3 Å². The van der Waals surface area contributed by atoms with Crippen LogP contribution < -0.4 is 10.1 Å². The Morgan fingerprint density at radius 1 is 1.12 bits per heavy atom. The zero-order valence-electron chi connectivity index (χ0n) is 17.9. The second kappa shape index (κ2) is 7.67. The Labute approximate surface area is 189 Å². The van der Waals surface area contributed by atoms with Crippen LogP contribution >= 0.6 is 0 Å². The molecule has 5 aromatic rings. The molecule has 8 heteroatoms. The van der Waals surface area contributed by atoms with E-state index in [-0.39, 0.29) is 11.7 Å². The summed E-state index contributed by atoms with van der Waals surface area (Å²) in [6.45, 7) is 0. The van der Waals surface area contributed by atoms with E-state index in [9.17, 15) is 4.79 Å². The minimum absolute atomic E-state index is 0.0189. The average Bonchev–Trinajstić information content (AvgIpc) is 3.58. The van der Waals surface area contributed by atoms with Crippen LogP contribution in [0.3, 0.4) is 0 Å². The molecular formula is C25H21N5O3. The Balaban J connectivity index is 1.48. The van der Waals surface area contributed by atoms with Crippen molar-refractivity contribution in [3.8, 4) is 11.7 Å². The average molecular weight is 439 g/mol. The lowest BCUT2D eigenvalue weighted by Gasteiger charge is -2.20. The molecule has 1 aliphatic carbocycles. The molecule has 3 aromatic heterocycles. The Morgan fingerprint density at radius 3 is 2.85 bits per heavy atom. The van der Waals surface area contributed by atoms with Crippen molar-refractivity contribution in [2.24, 2.45) is 0 Å². The third-order valence-electron chi connectivity index (χ3n) is 5.99. The number of benzene rings is 2. The van der Waals surface area contributed by atoms with Crippen molar-refractivity contribution in [3.05, 3.63) is 83.9 Å². The SMILES string of the molecule is COc1cccc(Nc2nn(-c3nc4ccccc4[nH]3)c3c2C(=O)CC(c2ccco2)C3)c1. The van der Waals surface area contributed by atoms with Crippen LogP contribution in [0.4, 0.5) is 11.5 Å². The van der Waals surface area contributed by atoms with Crippen LogP contribution in [-0.4, -0.2) is 32.6 Å². The van der Waals surface area contributed by atoms with E-state index in [0.29, 0.717) is 30.2 Å². The Kier molecular flexibility index (Phi) is 4.50. The molecule has 1 aliphatic rings. The molecule has 0 saturated carbocycles. The summed E-state index contributed by atoms with van der Waals surface area (Å²) in [5.41, 5.74) is 3.91. The molecule has 6 rings (SSSR count). The summed E-state index contributed by atoms with van der Waals surface area (Å²) in [7, 11) is 1.62. The third kappa shape index (κ3) is 3.36. The summed E-state index contributed by atoms with van der Waals surface area (Å²) >= 11 is 0. The number of hydrogen-bond donors (Lipinski definition) is 2. The number of ketones is 1. The molecule has 33 heavy (non-hydrogen) atoms. The maximum atomic E-state index is 13.4. The number of carbonyl (C=O) groups excluding carboxylic acids is 1. The van der Waals surface area contributed by atoms with E-state index in [4.69, 9.17) is 19.2 Å². The molecule has 0 saturated heterocycles. The van der Waals surface area contributed by atoms with E-state index in [1.165, 1.54) is 0 Å². The van der Waals surface area contributed by atoms with Crippen molar-refractivity contribution in [1.29, 1.82) is 0 Å². The summed E-state index contributed by atoms with van der Waals surface area (Å²) < 4.78 is 12.7. The smallest absolute Gasteiger partial charge is 0.229 e. The van der Waals surface area contributed by atoms with Gasteiger partial charge in [-0.05, 0) is 36.4 Å². The summed E-state index contributed by atoms with van der Waals surface area (Å²) in [5, 5.41) is 8.11. The fraction of sp³-hybridized carbons (Fsp3) is 0.160. The van der Waals surface area contributed by atoms with Crippen LogP contribution in [-0.2, 0) is 6.42 Å². The van der Waals surface area contributed by atoms with Crippen molar-refractivity contribution < 1.29 is 13.9 Å². The second-order valence-electron chi connectivity index (χ2n) is 8.06. The fourth-order valence-corrected chi connectivity index (χ4v) is 4.43. The van der Waals surface area contributed by atoms with Crippen LogP contribution in [0.25, 0.3) is 17.0 Å². The van der Waals surface area contributed by atoms with E-state index >= 15 is 0 Å². The number of rotatable bonds is 5. The van der Waals surface area contributed by atoms with Gasteiger partial charge in [0.05, 0.1) is 35.7 Å². The molecule has 164 valence electrons. The predicted molar refractivity (Wildman–Crippen MR) is 124 cm³/mol. The van der Waals surface area contributed by atoms with E-state index in [2.05, 4.69) is 10.3 Å². The molecule has 0 radical (unpaired) electrons. The summed E-state index contributed by atoms with van der Waals surface area (Å²) in [6.07, 6.45) is 2.61. The monoisotopic (exact) mass is 439 g/mol. The van der Waals surface area contributed by atoms with Gasteiger partial charge in [0, 0.05) is 30.5 Å². The predicted octanol–water partition coefficient (Wildman–Crippen LogP) is 5.01. The number of para-hydroxylation sites is 2. The van der Waals surface area contributed by atoms with E-state index in [0.717, 1.165) is 33.9 Å². The normalized spacial score (nSPS) is 15.5. The van der Waals surface area contributed by atoms with Gasteiger partial charge in [-0.15, -0.1) is 5.10 Å². The number of H-pyrrole nitrogens is 1. The van der Waals surface area contributed by atoms with Crippen LogP contribution in [0.1, 0.15) is 34.2 Å². The number of aromatic nitrogens is 4. The minimum Gasteiger partial charge on any atom is -0.497 e. The molecule has 0 amide bonds. The highest BCUT2D eigenvalue weighted by Gasteiger charge is 2.35. The van der Waals surface area contributed by atoms with Gasteiger partial charge < -0.3 is 19.5 Å². The minimum atomic E-state index is -0.0514. The molecule has 1 atom stereocenters. The van der Waals surface area contributed by atoms with Gasteiger partial charge in [0.25, 0.3) is 0 Å². The Bertz CT molecular complexity index is 1430. The first-order chi connectivity index (χ1) is 16.2. The number of aromatic amines is 1. The number of ether oxygens (including phenoxy) is 1. The van der Waals surface area contributed by atoms with Gasteiger partial charge in [-0.2, -0.15) is 0 Å². The lowest BCUT2D eigenvalue weighted by molar-refractivity contribution is 0.0960. The quantitative estimate of drug-likeness (QED) is 0.400. The standard InChI is InChI=1S/C25H21N5O3/c1-32-17-7-4-6-16(14-17)26-24-23-20(12-15(13-21(23)31)22-10-5-11-33-22)30(29-24)25-27-18-8-2-3-9-19(18)28-25/h2-11,14-15H,12-13H2,1H3,(H,26,29)(H,27,28). The number of methoxy groups -OCH3 is 1. The first kappa shape index (κ1) is 19.4. The largest absolute Gasteiger partial charge is 0.497 e. The van der Waals surface area contributed by atoms with E-state index in [1.54, 1.807) is 18.1 Å². The highest BCUT2D eigenvalue weighted by atomic mass is 16.5. The van der Waals surface area contributed by atoms with Crippen LogP contribution in [0, 0.1) is 0 Å². The third-order valence-corrected chi connectivity index (χ3v) is 5.99. The summed E-state index contributed by atoms with van der Waals surface area (Å²) in [4.78, 5) is 21.4. The lowest BCUT2D eigenvalue weighted by atomic mass is 9.85. The van der Waals surface area contributed by atoms with Gasteiger partial charge in [0.15, 0.2) is 11.6 Å². The van der Waals surface area contributed by atoms with Crippen molar-refractivity contribution in [1.82, 2.24) is 19.7 Å². The molecule has 0 fully saturated rings. The van der Waals surface area contributed by atoms with Crippen molar-refractivity contribution in [2.45, 2.75) is 18.8 Å². The molecule has 2 aromatic carbocycles. The number of nitrogens with one attached hydrogen (secondary N) is 2. The topological polar surface area (TPSA) is 98.0 Å². The molecule has 2 N–H and O–H groups in total. The first-order valence-corrected chi connectivity index (χ1v) is 10.7. The molecule has 0 spiro atoms. The number of carbonyl (C=O) groups is 1. The van der Waals surface area contributed by atoms with Crippen molar-refractivity contribution >= 4 is 28.3 Å². The van der Waals surface area contributed by atoms with Gasteiger partial charge in [-0.3, -0.25) is 4.79 Å². The zero-order valence-corrected chi connectivity index (χ0v) is 17.9. The highest BCUT2D eigenvalue weighted by Crippen LogP contribution is 2.38. The molecular weight excluding hydrogens is 418 g/mol. The number of Topliss-reactive ketones (excluding diaryl/α,β-unsaturated/α-hetero) is 1. The second-order valence-corrected chi connectivity index (χ2v) is 8.06. The zero-order chi connectivity index (χ0) is 22.4. The van der Waals surface area contributed by atoms with E-state index < -0.39 is 0 Å². The number of imidazole rings is 1. The van der Waals surface area contributed by atoms with E-state index in [1.807, 2.05) is 60.7 Å². The first-order valence-electron chi connectivity index (χ1n) is 10.7. The van der Waals surface area contributed by atoms with Crippen molar-refractivity contribution in [2.75, 3.05) is 12.4 Å². The number of anilines is 2. The molecule has 0 aliphatic heterocycles. The van der Waals surface area contributed by atoms with Gasteiger partial charge in [-0.1, -0.05) is 18.2 Å². The Hall–Kier alpha value is -4.33. The number of fused-ring (bicyclic) bond motifs is 2. The number of furan rings is 1. The number of nitrogens with zero attached hydrogens (tertiary/aromatic N) is 3. The van der Waals surface area contributed by atoms with Crippen molar-refractivity contribution in [3.63, 3.8) is 0 Å². The molecule has 3 heterocycles. The molecule has 1 unspecified atom stereocenters. The summed E-state index contributed by atoms with van der Waals surface area (Å²) in [6, 6.07) is 19.1. The molecule has 8 nitrogen and oxygen atoms in total. The van der Waals surface area contributed by atoms with Gasteiger partial charge in [-0.25, -0.2) is 9.67 Å². The highest BCUT2D eigenvalue weighted by molar-refractivity contribution is 6.03. The number of hydrogen-bond acceptors (Lipinski definition) is 6. The van der Waals surface area contributed by atoms with Crippen LogP contribution in [0.2, 0.25) is 0 Å². The maximum Gasteiger partial charge on any atom is 0.229 e. The fourth-order valence-electron chi connectivity index (χ4n) is 4.43. The summed E-state index contributed by atoms with van der Waals surface area (Å²) in [5.74, 6) is 2.55. The van der Waals surface area contributed by atoms with Gasteiger partial charge in [0.2, 0.25) is 5.95 Å². The molecule has 0 bridgehead atoms. The van der Waals surface area contributed by atoms with Crippen LogP contribution in [0.5, 0.6) is 5.75 Å².